The molecule has 0 heterocycles. The van der Waals surface area contributed by atoms with Crippen molar-refractivity contribution in [2.45, 2.75) is 6.92 Å². The predicted octanol–water partition coefficient (Wildman–Crippen LogP) is 2.79. The Bertz CT molecular complexity index is 385. The van der Waals surface area contributed by atoms with Crippen molar-refractivity contribution >= 4 is 34.6 Å². The summed E-state index contributed by atoms with van der Waals surface area (Å²) in [5.74, 6) is -0.121. The van der Waals surface area contributed by atoms with E-state index in [0.717, 1.165) is 21.0 Å². The van der Waals surface area contributed by atoms with Gasteiger partial charge in [-0.1, -0.05) is 6.07 Å². The number of carboxylic acid groups (broad SMARTS) is 1. The molecule has 80 valence electrons. The second-order valence-electron chi connectivity index (χ2n) is 2.79. The summed E-state index contributed by atoms with van der Waals surface area (Å²) >= 11 is 2.16. The molecule has 0 unspecified atom stereocenters. The number of carbonyl (C=O) groups is 1. The molecule has 4 heteroatoms. The number of rotatable bonds is 4. The van der Waals surface area contributed by atoms with Gasteiger partial charge in [-0.25, -0.2) is 4.79 Å². The largest absolute Gasteiger partial charge is 0.493 e. The molecule has 0 fully saturated rings. The van der Waals surface area contributed by atoms with Gasteiger partial charge in [0.15, 0.2) is 0 Å². The molecule has 0 bridgehead atoms. The maximum absolute atomic E-state index is 10.3. The number of hydrogen-bond acceptors (Lipinski definition) is 2. The zero-order valence-corrected chi connectivity index (χ0v) is 10.4. The lowest BCUT2D eigenvalue weighted by atomic mass is 10.2. The Balaban J connectivity index is 2.86. The van der Waals surface area contributed by atoms with Crippen molar-refractivity contribution in [2.24, 2.45) is 0 Å². The van der Waals surface area contributed by atoms with Gasteiger partial charge in [0.25, 0.3) is 0 Å². The first kappa shape index (κ1) is 12.0. The lowest BCUT2D eigenvalue weighted by Crippen LogP contribution is -1.94. The Hall–Kier alpha value is -1.04. The predicted molar refractivity (Wildman–Crippen MR) is 67.0 cm³/mol. The van der Waals surface area contributed by atoms with Crippen molar-refractivity contribution in [3.05, 3.63) is 33.4 Å². The molecular formula is C11H11IO3. The van der Waals surface area contributed by atoms with Crippen LogP contribution in [0.2, 0.25) is 0 Å². The SMILES string of the molecule is CCOc1ccc(C=CC(=O)O)cc1I. The summed E-state index contributed by atoms with van der Waals surface area (Å²) < 4.78 is 6.34. The molecule has 0 saturated carbocycles. The average molecular weight is 318 g/mol. The third-order valence-corrected chi connectivity index (χ3v) is 2.52. The minimum atomic E-state index is -0.945. The first-order chi connectivity index (χ1) is 7.13. The summed E-state index contributed by atoms with van der Waals surface area (Å²) in [6.07, 6.45) is 2.67. The summed E-state index contributed by atoms with van der Waals surface area (Å²) in [6.45, 7) is 2.55. The van der Waals surface area contributed by atoms with Gasteiger partial charge < -0.3 is 9.84 Å². The van der Waals surface area contributed by atoms with Crippen molar-refractivity contribution < 1.29 is 14.6 Å². The normalized spacial score (nSPS) is 10.5. The van der Waals surface area contributed by atoms with E-state index in [1.165, 1.54) is 0 Å². The molecule has 0 radical (unpaired) electrons. The lowest BCUT2D eigenvalue weighted by molar-refractivity contribution is -0.131. The molecule has 0 saturated heterocycles. The van der Waals surface area contributed by atoms with Crippen LogP contribution < -0.4 is 4.74 Å². The van der Waals surface area contributed by atoms with Gasteiger partial charge in [0.1, 0.15) is 5.75 Å². The van der Waals surface area contributed by atoms with E-state index in [4.69, 9.17) is 9.84 Å². The van der Waals surface area contributed by atoms with Crippen LogP contribution in [0.5, 0.6) is 5.75 Å². The van der Waals surface area contributed by atoms with Crippen LogP contribution >= 0.6 is 22.6 Å². The van der Waals surface area contributed by atoms with Gasteiger partial charge in [-0.2, -0.15) is 0 Å². The Morgan fingerprint density at radius 2 is 2.33 bits per heavy atom. The zero-order valence-electron chi connectivity index (χ0n) is 8.24. The van der Waals surface area contributed by atoms with Crippen LogP contribution in [-0.2, 0) is 4.79 Å². The summed E-state index contributed by atoms with van der Waals surface area (Å²) in [5.41, 5.74) is 0.852. The highest BCUT2D eigenvalue weighted by atomic mass is 127. The molecule has 0 atom stereocenters. The first-order valence-electron chi connectivity index (χ1n) is 4.47. The smallest absolute Gasteiger partial charge is 0.328 e. The maximum atomic E-state index is 10.3. The van der Waals surface area contributed by atoms with Crippen LogP contribution in [0.4, 0.5) is 0 Å². The van der Waals surface area contributed by atoms with Crippen molar-refractivity contribution in [3.63, 3.8) is 0 Å². The standard InChI is InChI=1S/C11H11IO3/c1-2-15-10-5-3-8(7-9(10)12)4-6-11(13)14/h3-7H,2H2,1H3,(H,13,14). The van der Waals surface area contributed by atoms with Crippen LogP contribution in [-0.4, -0.2) is 17.7 Å². The molecule has 0 aliphatic rings. The molecule has 0 aromatic heterocycles. The second-order valence-corrected chi connectivity index (χ2v) is 3.96. The van der Waals surface area contributed by atoms with Crippen LogP contribution in [0.25, 0.3) is 6.08 Å². The van der Waals surface area contributed by atoms with Crippen LogP contribution in [0, 0.1) is 3.57 Å². The molecule has 15 heavy (non-hydrogen) atoms. The number of halogens is 1. The monoisotopic (exact) mass is 318 g/mol. The third kappa shape index (κ3) is 3.91. The van der Waals surface area contributed by atoms with Gasteiger partial charge in [-0.05, 0) is 53.3 Å². The molecule has 0 aliphatic heterocycles. The van der Waals surface area contributed by atoms with Gasteiger partial charge in [0.05, 0.1) is 10.2 Å². The minimum absolute atomic E-state index is 0.625. The summed E-state index contributed by atoms with van der Waals surface area (Å²) in [6, 6.07) is 5.55. The van der Waals surface area contributed by atoms with E-state index in [2.05, 4.69) is 22.6 Å². The van der Waals surface area contributed by atoms with Crippen molar-refractivity contribution in [2.75, 3.05) is 6.61 Å². The highest BCUT2D eigenvalue weighted by molar-refractivity contribution is 14.1. The van der Waals surface area contributed by atoms with E-state index in [-0.39, 0.29) is 0 Å². The first-order valence-corrected chi connectivity index (χ1v) is 5.54. The van der Waals surface area contributed by atoms with Crippen LogP contribution in [0.3, 0.4) is 0 Å². The highest BCUT2D eigenvalue weighted by Gasteiger charge is 2.00. The van der Waals surface area contributed by atoms with Gasteiger partial charge in [0.2, 0.25) is 0 Å². The van der Waals surface area contributed by atoms with Crippen molar-refractivity contribution in [1.82, 2.24) is 0 Å². The quantitative estimate of drug-likeness (QED) is 0.686. The van der Waals surface area contributed by atoms with E-state index in [1.54, 1.807) is 6.08 Å². The van der Waals surface area contributed by atoms with E-state index in [0.29, 0.717) is 6.61 Å². The molecule has 0 spiro atoms. The Morgan fingerprint density at radius 1 is 1.60 bits per heavy atom. The summed E-state index contributed by atoms with van der Waals surface area (Å²) in [5, 5.41) is 8.47. The third-order valence-electron chi connectivity index (χ3n) is 1.67. The molecule has 1 rings (SSSR count). The molecule has 1 aromatic carbocycles. The van der Waals surface area contributed by atoms with E-state index in [9.17, 15) is 4.79 Å². The van der Waals surface area contributed by atoms with Gasteiger partial charge in [-0.3, -0.25) is 0 Å². The zero-order chi connectivity index (χ0) is 11.3. The fourth-order valence-electron chi connectivity index (χ4n) is 1.06. The molecule has 0 aliphatic carbocycles. The molecule has 1 aromatic rings. The topological polar surface area (TPSA) is 46.5 Å². The Morgan fingerprint density at radius 3 is 2.87 bits per heavy atom. The molecular weight excluding hydrogens is 307 g/mol. The maximum Gasteiger partial charge on any atom is 0.328 e. The highest BCUT2D eigenvalue weighted by Crippen LogP contribution is 2.22. The summed E-state index contributed by atoms with van der Waals surface area (Å²) in [7, 11) is 0. The molecule has 3 nitrogen and oxygen atoms in total. The number of benzene rings is 1. The van der Waals surface area contributed by atoms with E-state index < -0.39 is 5.97 Å². The minimum Gasteiger partial charge on any atom is -0.493 e. The van der Waals surface area contributed by atoms with Crippen LogP contribution in [0.1, 0.15) is 12.5 Å². The van der Waals surface area contributed by atoms with Crippen molar-refractivity contribution in [3.8, 4) is 5.75 Å². The number of hydrogen-bond donors (Lipinski definition) is 1. The van der Waals surface area contributed by atoms with E-state index >= 15 is 0 Å². The van der Waals surface area contributed by atoms with E-state index in [1.807, 2.05) is 25.1 Å². The lowest BCUT2D eigenvalue weighted by Gasteiger charge is -2.05. The van der Waals surface area contributed by atoms with Gasteiger partial charge in [0, 0.05) is 6.08 Å². The van der Waals surface area contributed by atoms with Gasteiger partial charge in [-0.15, -0.1) is 0 Å². The second kappa shape index (κ2) is 5.75. The average Bonchev–Trinajstić information content (AvgIpc) is 2.19. The Labute approximate surface area is 102 Å². The number of aliphatic carboxylic acids is 1. The van der Waals surface area contributed by atoms with Crippen molar-refractivity contribution in [1.29, 1.82) is 0 Å². The van der Waals surface area contributed by atoms with Gasteiger partial charge >= 0.3 is 5.97 Å². The molecule has 1 N–H and O–H groups in total. The molecule has 0 amide bonds. The van der Waals surface area contributed by atoms with Crippen LogP contribution in [0.15, 0.2) is 24.3 Å². The fourth-order valence-corrected chi connectivity index (χ4v) is 1.76. The fraction of sp³-hybridized carbons (Fsp3) is 0.182. The Kier molecular flexibility index (Phi) is 4.61. The summed E-state index contributed by atoms with van der Waals surface area (Å²) in [4.78, 5) is 10.3. The number of ether oxygens (including phenoxy) is 1. The number of carboxylic acids is 1.